The maximum atomic E-state index is 13.0. The second-order valence-electron chi connectivity index (χ2n) is 7.51. The van der Waals surface area contributed by atoms with Crippen molar-refractivity contribution in [1.29, 1.82) is 0 Å². The van der Waals surface area contributed by atoms with Gasteiger partial charge in [0.1, 0.15) is 5.60 Å². The van der Waals surface area contributed by atoms with Gasteiger partial charge in [-0.2, -0.15) is 4.57 Å². The number of nitrogens with zero attached hydrogens (tertiary/aromatic N) is 2. The number of rotatable bonds is 5. The number of benzene rings is 2. The van der Waals surface area contributed by atoms with Gasteiger partial charge < -0.3 is 4.74 Å². The van der Waals surface area contributed by atoms with Gasteiger partial charge in [-0.15, -0.1) is 0 Å². The molecule has 0 unspecified atom stereocenters. The summed E-state index contributed by atoms with van der Waals surface area (Å²) < 4.78 is 11.4. The standard InChI is InChI=1S/C21H25N3O3S/c1-21(2,3)27-20(26)24-18-8-6-5-7-17(18)23(19(24)25)14-16-11-9-15(10-12-16)13-22-28-4/h5-12,22H,13-14H2,1-4H3. The van der Waals surface area contributed by atoms with E-state index >= 15 is 0 Å². The summed E-state index contributed by atoms with van der Waals surface area (Å²) in [5.74, 6) is 0. The van der Waals surface area contributed by atoms with Gasteiger partial charge >= 0.3 is 11.8 Å². The average Bonchev–Trinajstić information content (AvgIpc) is 2.92. The fraction of sp³-hybridized carbons (Fsp3) is 0.333. The Balaban J connectivity index is 1.97. The maximum Gasteiger partial charge on any atom is 0.423 e. The third-order valence-electron chi connectivity index (χ3n) is 4.20. The fourth-order valence-corrected chi connectivity index (χ4v) is 3.26. The fourth-order valence-electron chi connectivity index (χ4n) is 2.95. The van der Waals surface area contributed by atoms with E-state index in [9.17, 15) is 9.59 Å². The van der Waals surface area contributed by atoms with E-state index in [1.54, 1.807) is 49.4 Å². The van der Waals surface area contributed by atoms with Gasteiger partial charge in [-0.1, -0.05) is 48.3 Å². The van der Waals surface area contributed by atoms with Crippen LogP contribution in [0, 0.1) is 0 Å². The van der Waals surface area contributed by atoms with Gasteiger partial charge in [0, 0.05) is 6.54 Å². The molecule has 2 aromatic carbocycles. The van der Waals surface area contributed by atoms with Crippen molar-refractivity contribution in [1.82, 2.24) is 13.9 Å². The quantitative estimate of drug-likeness (QED) is 0.657. The normalized spacial score (nSPS) is 11.7. The van der Waals surface area contributed by atoms with Crippen molar-refractivity contribution >= 4 is 29.1 Å². The molecular formula is C21H25N3O3S. The average molecular weight is 400 g/mol. The van der Waals surface area contributed by atoms with Crippen LogP contribution < -0.4 is 10.4 Å². The van der Waals surface area contributed by atoms with Gasteiger partial charge in [0.25, 0.3) is 0 Å². The molecule has 148 valence electrons. The molecule has 0 fully saturated rings. The topological polar surface area (TPSA) is 65.3 Å². The number of para-hydroxylation sites is 2. The van der Waals surface area contributed by atoms with Crippen molar-refractivity contribution in [3.63, 3.8) is 0 Å². The summed E-state index contributed by atoms with van der Waals surface area (Å²) in [7, 11) is 0. The molecule has 0 aliphatic heterocycles. The van der Waals surface area contributed by atoms with Crippen LogP contribution in [-0.4, -0.2) is 27.1 Å². The van der Waals surface area contributed by atoms with Crippen molar-refractivity contribution in [3.05, 3.63) is 70.1 Å². The van der Waals surface area contributed by atoms with Crippen LogP contribution in [0.5, 0.6) is 0 Å². The Labute approximate surface area is 168 Å². The van der Waals surface area contributed by atoms with Crippen LogP contribution in [-0.2, 0) is 17.8 Å². The van der Waals surface area contributed by atoms with Crippen molar-refractivity contribution in [2.24, 2.45) is 0 Å². The molecule has 7 heteroatoms. The minimum Gasteiger partial charge on any atom is -0.443 e. The first-order valence-electron chi connectivity index (χ1n) is 9.07. The number of ether oxygens (including phenoxy) is 1. The van der Waals surface area contributed by atoms with Crippen LogP contribution in [0.25, 0.3) is 11.0 Å². The Kier molecular flexibility index (Phi) is 5.96. The van der Waals surface area contributed by atoms with Gasteiger partial charge in [0.15, 0.2) is 0 Å². The van der Waals surface area contributed by atoms with Crippen molar-refractivity contribution in [2.75, 3.05) is 6.26 Å². The van der Waals surface area contributed by atoms with E-state index < -0.39 is 17.4 Å². The lowest BCUT2D eigenvalue weighted by atomic mass is 10.1. The van der Waals surface area contributed by atoms with E-state index in [0.29, 0.717) is 17.6 Å². The Morgan fingerprint density at radius 1 is 1.04 bits per heavy atom. The van der Waals surface area contributed by atoms with E-state index in [1.165, 1.54) is 5.56 Å². The third kappa shape index (κ3) is 4.48. The monoisotopic (exact) mass is 399 g/mol. The lowest BCUT2D eigenvalue weighted by Gasteiger charge is -2.19. The first kappa shape index (κ1) is 20.2. The van der Waals surface area contributed by atoms with Crippen LogP contribution in [0.3, 0.4) is 0 Å². The summed E-state index contributed by atoms with van der Waals surface area (Å²) in [6.45, 7) is 6.50. The first-order valence-corrected chi connectivity index (χ1v) is 10.3. The molecular weight excluding hydrogens is 374 g/mol. The largest absolute Gasteiger partial charge is 0.443 e. The molecule has 3 rings (SSSR count). The Morgan fingerprint density at radius 2 is 1.64 bits per heavy atom. The molecule has 0 aliphatic carbocycles. The number of imidazole rings is 1. The van der Waals surface area contributed by atoms with E-state index in [0.717, 1.165) is 16.7 Å². The molecule has 0 radical (unpaired) electrons. The highest BCUT2D eigenvalue weighted by molar-refractivity contribution is 7.96. The highest BCUT2D eigenvalue weighted by atomic mass is 32.2. The molecule has 1 N–H and O–H groups in total. The number of nitrogens with one attached hydrogen (secondary N) is 1. The zero-order valence-electron chi connectivity index (χ0n) is 16.6. The molecule has 1 aromatic heterocycles. The first-order chi connectivity index (χ1) is 13.3. The van der Waals surface area contributed by atoms with Gasteiger partial charge in [-0.3, -0.25) is 9.29 Å². The minimum atomic E-state index is -0.680. The molecule has 0 atom stereocenters. The van der Waals surface area contributed by atoms with Crippen LogP contribution in [0.1, 0.15) is 31.9 Å². The van der Waals surface area contributed by atoms with Crippen molar-refractivity contribution in [2.45, 2.75) is 39.5 Å². The number of fused-ring (bicyclic) bond motifs is 1. The SMILES string of the molecule is CSNCc1ccc(Cn2c(=O)n(C(=O)OC(C)(C)C)c3ccccc32)cc1. The minimum absolute atomic E-state index is 0.380. The van der Waals surface area contributed by atoms with Crippen LogP contribution in [0.15, 0.2) is 53.3 Å². The van der Waals surface area contributed by atoms with Crippen molar-refractivity contribution in [3.8, 4) is 0 Å². The van der Waals surface area contributed by atoms with Gasteiger partial charge in [0.05, 0.1) is 17.6 Å². The Hall–Kier alpha value is -2.51. The molecule has 0 spiro atoms. The predicted octanol–water partition coefficient (Wildman–Crippen LogP) is 4.00. The molecule has 3 aromatic rings. The molecule has 0 aliphatic rings. The smallest absolute Gasteiger partial charge is 0.423 e. The lowest BCUT2D eigenvalue weighted by molar-refractivity contribution is 0.0537. The second-order valence-corrected chi connectivity index (χ2v) is 8.21. The van der Waals surface area contributed by atoms with Crippen LogP contribution in [0.4, 0.5) is 4.79 Å². The number of carbonyl (C=O) groups is 1. The molecule has 0 amide bonds. The molecule has 0 bridgehead atoms. The maximum absolute atomic E-state index is 13.0. The highest BCUT2D eigenvalue weighted by Gasteiger charge is 2.23. The lowest BCUT2D eigenvalue weighted by Crippen LogP contribution is -2.34. The number of hydrogen-bond donors (Lipinski definition) is 1. The molecule has 28 heavy (non-hydrogen) atoms. The molecule has 6 nitrogen and oxygen atoms in total. The summed E-state index contributed by atoms with van der Waals surface area (Å²) in [5, 5.41) is 0. The van der Waals surface area contributed by atoms with Gasteiger partial charge in [-0.25, -0.2) is 9.59 Å². The summed E-state index contributed by atoms with van der Waals surface area (Å²) in [6, 6.07) is 15.3. The predicted molar refractivity (Wildman–Crippen MR) is 114 cm³/mol. The highest BCUT2D eigenvalue weighted by Crippen LogP contribution is 2.17. The van der Waals surface area contributed by atoms with E-state index in [4.69, 9.17) is 4.74 Å². The molecule has 0 saturated heterocycles. The van der Waals surface area contributed by atoms with Crippen molar-refractivity contribution < 1.29 is 9.53 Å². The zero-order chi connectivity index (χ0) is 20.3. The number of carbonyl (C=O) groups excluding carboxylic acids is 1. The van der Waals surface area contributed by atoms with E-state index in [2.05, 4.69) is 4.72 Å². The number of hydrogen-bond acceptors (Lipinski definition) is 5. The zero-order valence-corrected chi connectivity index (χ0v) is 17.4. The Bertz CT molecular complexity index is 1030. The van der Waals surface area contributed by atoms with Gasteiger partial charge in [0.2, 0.25) is 0 Å². The third-order valence-corrected chi connectivity index (χ3v) is 4.63. The van der Waals surface area contributed by atoms with E-state index in [1.807, 2.05) is 42.7 Å². The summed E-state index contributed by atoms with van der Waals surface area (Å²) in [6.07, 6.45) is 1.33. The number of aromatic nitrogens is 2. The molecule has 1 heterocycles. The Morgan fingerprint density at radius 3 is 2.25 bits per heavy atom. The summed E-state index contributed by atoms with van der Waals surface area (Å²) in [4.78, 5) is 25.7. The second kappa shape index (κ2) is 8.24. The molecule has 0 saturated carbocycles. The summed E-state index contributed by atoms with van der Waals surface area (Å²) in [5.41, 5.74) is 2.32. The van der Waals surface area contributed by atoms with Crippen LogP contribution >= 0.6 is 11.9 Å². The summed E-state index contributed by atoms with van der Waals surface area (Å²) >= 11 is 1.57. The van der Waals surface area contributed by atoms with E-state index in [-0.39, 0.29) is 0 Å². The van der Waals surface area contributed by atoms with Gasteiger partial charge in [-0.05, 0) is 50.3 Å². The van der Waals surface area contributed by atoms with Crippen LogP contribution in [0.2, 0.25) is 0 Å².